The normalized spacial score (nSPS) is 10.8. The van der Waals surface area contributed by atoms with Crippen molar-refractivity contribution in [2.24, 2.45) is 0 Å². The minimum absolute atomic E-state index is 0.119. The van der Waals surface area contributed by atoms with Gasteiger partial charge in [-0.25, -0.2) is 0 Å². The molecule has 0 radical (unpaired) electrons. The summed E-state index contributed by atoms with van der Waals surface area (Å²) in [7, 11) is 0. The number of aromatic nitrogens is 2. The molecule has 0 N–H and O–H groups in total. The number of halogens is 1. The molecule has 4 nitrogen and oxygen atoms in total. The molecule has 0 amide bonds. The van der Waals surface area contributed by atoms with Crippen molar-refractivity contribution in [2.75, 3.05) is 12.4 Å². The standard InChI is InChI=1S/C13H15ClN2O2S2/c1-9(2)18-12-15-16-13(20-12)19-8-7-17-11-5-3-10(14)4-6-11/h3-6,9H,7-8H2,1-2H3. The van der Waals surface area contributed by atoms with Crippen molar-refractivity contribution in [3.63, 3.8) is 0 Å². The second kappa shape index (κ2) is 7.71. The Kier molecular flexibility index (Phi) is 5.94. The molecule has 0 aliphatic rings. The third-order valence-corrected chi connectivity index (χ3v) is 4.28. The molecule has 7 heteroatoms. The zero-order chi connectivity index (χ0) is 14.4. The maximum absolute atomic E-state index is 5.81. The Morgan fingerprint density at radius 1 is 1.25 bits per heavy atom. The van der Waals surface area contributed by atoms with E-state index in [4.69, 9.17) is 21.1 Å². The number of thioether (sulfide) groups is 1. The summed E-state index contributed by atoms with van der Waals surface area (Å²) in [6.07, 6.45) is 0.119. The summed E-state index contributed by atoms with van der Waals surface area (Å²) >= 11 is 8.87. The smallest absolute Gasteiger partial charge is 0.295 e. The van der Waals surface area contributed by atoms with Crippen molar-refractivity contribution in [2.45, 2.75) is 24.3 Å². The Morgan fingerprint density at radius 2 is 2.00 bits per heavy atom. The zero-order valence-electron chi connectivity index (χ0n) is 11.2. The molecule has 0 saturated carbocycles. The molecule has 20 heavy (non-hydrogen) atoms. The zero-order valence-corrected chi connectivity index (χ0v) is 13.6. The summed E-state index contributed by atoms with van der Waals surface area (Å²) in [6, 6.07) is 7.33. The SMILES string of the molecule is CC(C)Oc1nnc(SCCOc2ccc(Cl)cc2)s1. The van der Waals surface area contributed by atoms with Gasteiger partial charge in [0.2, 0.25) is 0 Å². The van der Waals surface area contributed by atoms with Crippen LogP contribution in [0.4, 0.5) is 0 Å². The topological polar surface area (TPSA) is 44.2 Å². The molecule has 0 unspecified atom stereocenters. The minimum Gasteiger partial charge on any atom is -0.493 e. The van der Waals surface area contributed by atoms with Gasteiger partial charge in [-0.3, -0.25) is 0 Å². The van der Waals surface area contributed by atoms with E-state index in [0.29, 0.717) is 16.8 Å². The Morgan fingerprint density at radius 3 is 2.70 bits per heavy atom. The Balaban J connectivity index is 1.70. The average molecular weight is 331 g/mol. The predicted molar refractivity (Wildman–Crippen MR) is 83.3 cm³/mol. The average Bonchev–Trinajstić information content (AvgIpc) is 2.83. The summed E-state index contributed by atoms with van der Waals surface area (Å²) in [5, 5.41) is 9.35. The van der Waals surface area contributed by atoms with E-state index >= 15 is 0 Å². The molecule has 0 aliphatic heterocycles. The highest BCUT2D eigenvalue weighted by Crippen LogP contribution is 2.27. The van der Waals surface area contributed by atoms with Gasteiger partial charge in [0.15, 0.2) is 4.34 Å². The Bertz CT molecular complexity index is 531. The lowest BCUT2D eigenvalue weighted by Crippen LogP contribution is -2.04. The van der Waals surface area contributed by atoms with Crippen LogP contribution in [0.15, 0.2) is 28.6 Å². The summed E-state index contributed by atoms with van der Waals surface area (Å²) in [5.74, 6) is 1.62. The number of ether oxygens (including phenoxy) is 2. The highest BCUT2D eigenvalue weighted by molar-refractivity contribution is 8.01. The maximum Gasteiger partial charge on any atom is 0.295 e. The molecule has 2 aromatic rings. The van der Waals surface area contributed by atoms with Crippen LogP contribution in [0, 0.1) is 0 Å². The van der Waals surface area contributed by atoms with Crippen LogP contribution < -0.4 is 9.47 Å². The molecule has 0 atom stereocenters. The van der Waals surface area contributed by atoms with Crippen molar-refractivity contribution < 1.29 is 9.47 Å². The van der Waals surface area contributed by atoms with Gasteiger partial charge in [-0.05, 0) is 49.4 Å². The summed E-state index contributed by atoms with van der Waals surface area (Å²) in [6.45, 7) is 4.54. The van der Waals surface area contributed by atoms with Crippen molar-refractivity contribution >= 4 is 34.7 Å². The molecule has 0 aliphatic carbocycles. The van der Waals surface area contributed by atoms with E-state index in [0.717, 1.165) is 15.8 Å². The first-order chi connectivity index (χ1) is 9.63. The lowest BCUT2D eigenvalue weighted by atomic mass is 10.3. The van der Waals surface area contributed by atoms with E-state index < -0.39 is 0 Å². The van der Waals surface area contributed by atoms with Crippen LogP contribution in [0.1, 0.15) is 13.8 Å². The van der Waals surface area contributed by atoms with Crippen LogP contribution in [0.25, 0.3) is 0 Å². The van der Waals surface area contributed by atoms with E-state index in [1.807, 2.05) is 38.1 Å². The van der Waals surface area contributed by atoms with Crippen LogP contribution >= 0.6 is 34.7 Å². The number of nitrogens with zero attached hydrogens (tertiary/aromatic N) is 2. The Labute approximate surface area is 131 Å². The first-order valence-electron chi connectivity index (χ1n) is 6.15. The van der Waals surface area contributed by atoms with Crippen molar-refractivity contribution in [3.8, 4) is 10.9 Å². The molecule has 1 aromatic carbocycles. The van der Waals surface area contributed by atoms with Crippen molar-refractivity contribution in [1.29, 1.82) is 0 Å². The van der Waals surface area contributed by atoms with Crippen LogP contribution in [0.2, 0.25) is 5.02 Å². The predicted octanol–water partition coefficient (Wildman–Crippen LogP) is 4.15. The molecule has 0 fully saturated rings. The van der Waals surface area contributed by atoms with E-state index in [1.165, 1.54) is 11.3 Å². The van der Waals surface area contributed by atoms with Crippen molar-refractivity contribution in [1.82, 2.24) is 10.2 Å². The molecular formula is C13H15ClN2O2S2. The van der Waals surface area contributed by atoms with Gasteiger partial charge >= 0.3 is 0 Å². The van der Waals surface area contributed by atoms with Gasteiger partial charge < -0.3 is 9.47 Å². The first-order valence-corrected chi connectivity index (χ1v) is 8.33. The molecule has 2 rings (SSSR count). The summed E-state index contributed by atoms with van der Waals surface area (Å²) in [4.78, 5) is 0. The number of hydrogen-bond acceptors (Lipinski definition) is 6. The first kappa shape index (κ1) is 15.4. The van der Waals surface area contributed by atoms with E-state index in [1.54, 1.807) is 11.8 Å². The fourth-order valence-corrected chi connectivity index (χ4v) is 3.14. The van der Waals surface area contributed by atoms with Gasteiger partial charge in [0.05, 0.1) is 12.7 Å². The van der Waals surface area contributed by atoms with E-state index in [-0.39, 0.29) is 6.10 Å². The largest absolute Gasteiger partial charge is 0.493 e. The van der Waals surface area contributed by atoms with Gasteiger partial charge in [-0.15, -0.1) is 5.10 Å². The van der Waals surface area contributed by atoms with Crippen molar-refractivity contribution in [3.05, 3.63) is 29.3 Å². The van der Waals surface area contributed by atoms with Gasteiger partial charge in [0.25, 0.3) is 5.19 Å². The minimum atomic E-state index is 0.119. The number of hydrogen-bond donors (Lipinski definition) is 0. The van der Waals surface area contributed by atoms with E-state index in [2.05, 4.69) is 10.2 Å². The van der Waals surface area contributed by atoms with E-state index in [9.17, 15) is 0 Å². The lowest BCUT2D eigenvalue weighted by Gasteiger charge is -2.04. The number of rotatable bonds is 7. The summed E-state index contributed by atoms with van der Waals surface area (Å²) in [5.41, 5.74) is 0. The van der Waals surface area contributed by atoms with Crippen LogP contribution in [-0.2, 0) is 0 Å². The lowest BCUT2D eigenvalue weighted by molar-refractivity contribution is 0.239. The molecule has 1 aromatic heterocycles. The third kappa shape index (κ3) is 5.19. The fourth-order valence-electron chi connectivity index (χ4n) is 1.32. The Hall–Kier alpha value is -0.980. The molecule has 0 spiro atoms. The van der Waals surface area contributed by atoms with Crippen LogP contribution in [-0.4, -0.2) is 28.7 Å². The number of benzene rings is 1. The quantitative estimate of drug-likeness (QED) is 0.563. The maximum atomic E-state index is 5.81. The third-order valence-electron chi connectivity index (χ3n) is 2.12. The van der Waals surface area contributed by atoms with Gasteiger partial charge in [0, 0.05) is 10.8 Å². The fraction of sp³-hybridized carbons (Fsp3) is 0.385. The second-order valence-electron chi connectivity index (χ2n) is 4.15. The summed E-state index contributed by atoms with van der Waals surface area (Å²) < 4.78 is 12.0. The molecular weight excluding hydrogens is 316 g/mol. The molecule has 108 valence electrons. The molecule has 0 saturated heterocycles. The molecule has 0 bridgehead atoms. The highest BCUT2D eigenvalue weighted by Gasteiger charge is 2.07. The van der Waals surface area contributed by atoms with Crippen LogP contribution in [0.3, 0.4) is 0 Å². The van der Waals surface area contributed by atoms with Crippen LogP contribution in [0.5, 0.6) is 10.9 Å². The highest BCUT2D eigenvalue weighted by atomic mass is 35.5. The van der Waals surface area contributed by atoms with Gasteiger partial charge in [-0.1, -0.05) is 28.5 Å². The second-order valence-corrected chi connectivity index (χ2v) is 6.87. The monoisotopic (exact) mass is 330 g/mol. The van der Waals surface area contributed by atoms with Gasteiger partial charge in [-0.2, -0.15) is 0 Å². The molecule has 1 heterocycles. The van der Waals surface area contributed by atoms with Gasteiger partial charge in [0.1, 0.15) is 5.75 Å².